The van der Waals surface area contributed by atoms with Gasteiger partial charge in [0.25, 0.3) is 0 Å². The average Bonchev–Trinajstić information content (AvgIpc) is 2.23. The number of halogens is 5. The fourth-order valence-electron chi connectivity index (χ4n) is 1.32. The second-order valence-electron chi connectivity index (χ2n) is 3.56. The van der Waals surface area contributed by atoms with Crippen LogP contribution in [0.5, 0.6) is 5.75 Å². The Morgan fingerprint density at radius 3 is 2.50 bits per heavy atom. The van der Waals surface area contributed by atoms with Crippen molar-refractivity contribution in [1.29, 1.82) is 0 Å². The van der Waals surface area contributed by atoms with Gasteiger partial charge in [-0.2, -0.15) is 13.2 Å². The molecule has 0 aliphatic heterocycles. The third kappa shape index (κ3) is 4.92. The first-order valence-corrected chi connectivity index (χ1v) is 5.97. The summed E-state index contributed by atoms with van der Waals surface area (Å²) in [4.78, 5) is 0. The summed E-state index contributed by atoms with van der Waals surface area (Å²) in [5.41, 5.74) is 0.499. The molecule has 0 atom stereocenters. The van der Waals surface area contributed by atoms with E-state index in [4.69, 9.17) is 27.9 Å². The van der Waals surface area contributed by atoms with E-state index < -0.39 is 12.8 Å². The van der Waals surface area contributed by atoms with Gasteiger partial charge in [-0.1, -0.05) is 30.1 Å². The number of rotatable bonds is 5. The largest absolute Gasteiger partial charge is 0.482 e. The van der Waals surface area contributed by atoms with E-state index in [1.54, 1.807) is 0 Å². The van der Waals surface area contributed by atoms with Crippen molar-refractivity contribution in [2.45, 2.75) is 19.6 Å². The fourth-order valence-corrected chi connectivity index (χ4v) is 1.91. The molecule has 1 rings (SSSR count). The minimum absolute atomic E-state index is 0.0133. The minimum Gasteiger partial charge on any atom is -0.482 e. The third-order valence-electron chi connectivity index (χ3n) is 2.03. The van der Waals surface area contributed by atoms with Gasteiger partial charge >= 0.3 is 6.18 Å². The number of benzene rings is 1. The van der Waals surface area contributed by atoms with Crippen LogP contribution in [0.3, 0.4) is 0 Å². The molecule has 0 saturated carbocycles. The molecule has 0 amide bonds. The maximum absolute atomic E-state index is 12.1. The van der Waals surface area contributed by atoms with Gasteiger partial charge in [0, 0.05) is 17.1 Å². The van der Waals surface area contributed by atoms with Gasteiger partial charge in [-0.25, -0.2) is 0 Å². The summed E-state index contributed by atoms with van der Waals surface area (Å²) in [5, 5.41) is 3.40. The van der Waals surface area contributed by atoms with Crippen LogP contribution in [0.1, 0.15) is 12.5 Å². The topological polar surface area (TPSA) is 21.3 Å². The zero-order valence-electron chi connectivity index (χ0n) is 9.57. The lowest BCUT2D eigenvalue weighted by atomic mass is 10.2. The molecule has 2 nitrogen and oxygen atoms in total. The molecular formula is C11H12Cl2F3NO. The summed E-state index contributed by atoms with van der Waals surface area (Å²) >= 11 is 11.6. The molecule has 0 saturated heterocycles. The Hall–Kier alpha value is -0.650. The van der Waals surface area contributed by atoms with E-state index in [1.165, 1.54) is 12.1 Å². The van der Waals surface area contributed by atoms with E-state index in [2.05, 4.69) is 5.32 Å². The number of nitrogens with one attached hydrogen (secondary N) is 1. The molecule has 0 aliphatic carbocycles. The molecule has 18 heavy (non-hydrogen) atoms. The van der Waals surface area contributed by atoms with Crippen LogP contribution in [0, 0.1) is 0 Å². The Kier molecular flexibility index (Phi) is 5.56. The van der Waals surface area contributed by atoms with Crippen molar-refractivity contribution in [3.8, 4) is 5.75 Å². The zero-order valence-corrected chi connectivity index (χ0v) is 11.1. The van der Waals surface area contributed by atoms with E-state index in [-0.39, 0.29) is 10.8 Å². The highest BCUT2D eigenvalue weighted by Crippen LogP contribution is 2.33. The fraction of sp³-hybridized carbons (Fsp3) is 0.455. The van der Waals surface area contributed by atoms with E-state index in [0.717, 1.165) is 0 Å². The molecule has 102 valence electrons. The van der Waals surface area contributed by atoms with Gasteiger partial charge in [-0.05, 0) is 18.7 Å². The van der Waals surface area contributed by atoms with E-state index in [0.29, 0.717) is 23.7 Å². The molecule has 0 spiro atoms. The Morgan fingerprint density at radius 1 is 1.28 bits per heavy atom. The third-order valence-corrected chi connectivity index (χ3v) is 2.53. The van der Waals surface area contributed by atoms with Gasteiger partial charge in [0.15, 0.2) is 6.61 Å². The van der Waals surface area contributed by atoms with Crippen molar-refractivity contribution in [1.82, 2.24) is 5.32 Å². The summed E-state index contributed by atoms with van der Waals surface area (Å²) < 4.78 is 41.1. The van der Waals surface area contributed by atoms with Crippen molar-refractivity contribution >= 4 is 23.2 Å². The Balaban J connectivity index is 2.92. The average molecular weight is 302 g/mol. The van der Waals surface area contributed by atoms with Gasteiger partial charge in [-0.3, -0.25) is 0 Å². The summed E-state index contributed by atoms with van der Waals surface area (Å²) in [7, 11) is 0. The number of ether oxygens (including phenoxy) is 1. The molecular weight excluding hydrogens is 290 g/mol. The van der Waals surface area contributed by atoms with Crippen LogP contribution >= 0.6 is 23.2 Å². The normalized spacial score (nSPS) is 11.7. The van der Waals surface area contributed by atoms with Crippen molar-refractivity contribution in [2.75, 3.05) is 13.2 Å². The number of hydrogen-bond acceptors (Lipinski definition) is 2. The van der Waals surface area contributed by atoms with Crippen LogP contribution < -0.4 is 10.1 Å². The van der Waals surface area contributed by atoms with Gasteiger partial charge in [0.05, 0.1) is 5.02 Å². The standard InChI is InChI=1S/C11H12Cl2F3NO/c1-2-17-5-7-3-8(12)4-9(13)10(7)18-6-11(14,15)16/h3-4,17H,2,5-6H2,1H3. The first kappa shape index (κ1) is 15.4. The highest BCUT2D eigenvalue weighted by atomic mass is 35.5. The van der Waals surface area contributed by atoms with E-state index in [1.807, 2.05) is 6.92 Å². The molecule has 1 N–H and O–H groups in total. The molecule has 0 aromatic heterocycles. The first-order chi connectivity index (χ1) is 8.33. The maximum atomic E-state index is 12.1. The molecule has 0 aliphatic rings. The lowest BCUT2D eigenvalue weighted by molar-refractivity contribution is -0.153. The lowest BCUT2D eigenvalue weighted by Gasteiger charge is -2.15. The molecule has 0 radical (unpaired) electrons. The van der Waals surface area contributed by atoms with Crippen LogP contribution in [0.25, 0.3) is 0 Å². The monoisotopic (exact) mass is 301 g/mol. The zero-order chi connectivity index (χ0) is 13.8. The SMILES string of the molecule is CCNCc1cc(Cl)cc(Cl)c1OCC(F)(F)F. The highest BCUT2D eigenvalue weighted by molar-refractivity contribution is 6.35. The predicted molar refractivity (Wildman–Crippen MR) is 65.4 cm³/mol. The minimum atomic E-state index is -4.40. The quantitative estimate of drug-likeness (QED) is 0.886. The Bertz CT molecular complexity index is 410. The van der Waals surface area contributed by atoms with Crippen LogP contribution in [0.4, 0.5) is 13.2 Å². The predicted octanol–water partition coefficient (Wildman–Crippen LogP) is 4.04. The van der Waals surface area contributed by atoms with Gasteiger partial charge in [0.1, 0.15) is 5.75 Å². The van der Waals surface area contributed by atoms with Crippen LogP contribution in [0.2, 0.25) is 10.0 Å². The lowest BCUT2D eigenvalue weighted by Crippen LogP contribution is -2.21. The summed E-state index contributed by atoms with van der Waals surface area (Å²) in [6.45, 7) is 1.50. The number of alkyl halides is 3. The van der Waals surface area contributed by atoms with E-state index >= 15 is 0 Å². The second-order valence-corrected chi connectivity index (χ2v) is 4.40. The molecule has 0 bridgehead atoms. The Labute approximate surface area is 113 Å². The van der Waals surface area contributed by atoms with Gasteiger partial charge in [0.2, 0.25) is 0 Å². The van der Waals surface area contributed by atoms with Crippen LogP contribution in [0.15, 0.2) is 12.1 Å². The molecule has 0 unspecified atom stereocenters. The summed E-state index contributed by atoms with van der Waals surface area (Å²) in [6, 6.07) is 2.88. The molecule has 1 aromatic rings. The van der Waals surface area contributed by atoms with E-state index in [9.17, 15) is 13.2 Å². The second kappa shape index (κ2) is 6.50. The van der Waals surface area contributed by atoms with Crippen molar-refractivity contribution in [3.05, 3.63) is 27.7 Å². The van der Waals surface area contributed by atoms with Gasteiger partial charge < -0.3 is 10.1 Å². The van der Waals surface area contributed by atoms with Crippen LogP contribution in [-0.2, 0) is 6.54 Å². The molecule has 0 heterocycles. The maximum Gasteiger partial charge on any atom is 0.422 e. The Morgan fingerprint density at radius 2 is 1.94 bits per heavy atom. The summed E-state index contributed by atoms with van der Waals surface area (Å²) in [6.07, 6.45) is -4.40. The molecule has 1 aromatic carbocycles. The molecule has 0 fully saturated rings. The van der Waals surface area contributed by atoms with Crippen molar-refractivity contribution < 1.29 is 17.9 Å². The van der Waals surface area contributed by atoms with Crippen LogP contribution in [-0.4, -0.2) is 19.3 Å². The molecule has 7 heteroatoms. The highest BCUT2D eigenvalue weighted by Gasteiger charge is 2.29. The summed E-state index contributed by atoms with van der Waals surface area (Å²) in [5.74, 6) is 0.0133. The van der Waals surface area contributed by atoms with Gasteiger partial charge in [-0.15, -0.1) is 0 Å². The van der Waals surface area contributed by atoms with Crippen molar-refractivity contribution in [3.63, 3.8) is 0 Å². The smallest absolute Gasteiger partial charge is 0.422 e. The first-order valence-electron chi connectivity index (χ1n) is 5.21. The van der Waals surface area contributed by atoms with Crippen molar-refractivity contribution in [2.24, 2.45) is 0 Å². The number of hydrogen-bond donors (Lipinski definition) is 1.